The number of nitrogens with zero attached hydrogens (tertiary/aromatic N) is 2. The van der Waals surface area contributed by atoms with Crippen LogP contribution in [0.15, 0.2) is 76.9 Å². The minimum absolute atomic E-state index is 0.000943. The lowest BCUT2D eigenvalue weighted by Crippen LogP contribution is -2.30. The van der Waals surface area contributed by atoms with Gasteiger partial charge in [0.15, 0.2) is 0 Å². The van der Waals surface area contributed by atoms with Gasteiger partial charge >= 0.3 is 0 Å². The van der Waals surface area contributed by atoms with Crippen molar-refractivity contribution in [2.24, 2.45) is 5.92 Å². The molecule has 0 radical (unpaired) electrons. The number of carbonyl (C=O) groups excluding carboxylic acids is 1. The molecule has 25 heavy (non-hydrogen) atoms. The van der Waals surface area contributed by atoms with E-state index in [0.29, 0.717) is 0 Å². The number of hydrogen-bond donors (Lipinski definition) is 1. The number of aromatic nitrogens is 2. The van der Waals surface area contributed by atoms with Crippen molar-refractivity contribution in [1.29, 1.82) is 0 Å². The highest BCUT2D eigenvalue weighted by molar-refractivity contribution is 7.99. The molecule has 0 fully saturated rings. The number of imidazole rings is 1. The fourth-order valence-electron chi connectivity index (χ4n) is 3.10. The number of aryl methyl sites for hydroxylation is 1. The molecule has 1 unspecified atom stereocenters. The number of rotatable bonds is 4. The third-order valence-electron chi connectivity index (χ3n) is 4.46. The molecule has 1 amide bonds. The molecule has 0 saturated carbocycles. The molecule has 4 nitrogen and oxygen atoms in total. The Labute approximate surface area is 151 Å². The number of para-hydroxylation sites is 1. The largest absolute Gasteiger partial charge is 0.335 e. The normalized spacial score (nSPS) is 16.2. The fraction of sp³-hybridized carbons (Fsp3) is 0.200. The van der Waals surface area contributed by atoms with E-state index in [-0.39, 0.29) is 11.8 Å². The second-order valence-corrected chi connectivity index (χ2v) is 7.28. The fourth-order valence-corrected chi connectivity index (χ4v) is 4.02. The number of hydrogen-bond acceptors (Lipinski definition) is 3. The van der Waals surface area contributed by atoms with Gasteiger partial charge in [-0.1, -0.05) is 42.1 Å². The Hall–Kier alpha value is -2.53. The van der Waals surface area contributed by atoms with E-state index in [0.717, 1.165) is 40.6 Å². The van der Waals surface area contributed by atoms with Crippen molar-refractivity contribution in [3.8, 4) is 0 Å². The van der Waals surface area contributed by atoms with Crippen LogP contribution < -0.4 is 5.32 Å². The van der Waals surface area contributed by atoms with Gasteiger partial charge in [-0.25, -0.2) is 4.98 Å². The van der Waals surface area contributed by atoms with E-state index in [4.69, 9.17) is 0 Å². The summed E-state index contributed by atoms with van der Waals surface area (Å²) in [6.45, 7) is 0.855. The lowest BCUT2D eigenvalue weighted by atomic mass is 9.95. The first-order chi connectivity index (χ1) is 12.3. The van der Waals surface area contributed by atoms with Gasteiger partial charge in [-0.3, -0.25) is 4.79 Å². The van der Waals surface area contributed by atoms with E-state index < -0.39 is 0 Å². The van der Waals surface area contributed by atoms with Crippen LogP contribution in [0.2, 0.25) is 0 Å². The van der Waals surface area contributed by atoms with Crippen LogP contribution in [0.1, 0.15) is 12.1 Å². The Morgan fingerprint density at radius 3 is 2.80 bits per heavy atom. The summed E-state index contributed by atoms with van der Waals surface area (Å²) in [7, 11) is 0. The Morgan fingerprint density at radius 1 is 1.12 bits per heavy atom. The highest BCUT2D eigenvalue weighted by Gasteiger charge is 2.25. The van der Waals surface area contributed by atoms with Crippen molar-refractivity contribution in [2.75, 3.05) is 5.32 Å². The van der Waals surface area contributed by atoms with Crippen LogP contribution in [0.5, 0.6) is 0 Å². The van der Waals surface area contributed by atoms with Crippen molar-refractivity contribution in [1.82, 2.24) is 9.55 Å². The van der Waals surface area contributed by atoms with Crippen LogP contribution in [-0.2, 0) is 17.8 Å². The molecular formula is C20H19N3OS. The Morgan fingerprint density at radius 2 is 1.92 bits per heavy atom. The first kappa shape index (κ1) is 16.0. The maximum absolute atomic E-state index is 12.8. The van der Waals surface area contributed by atoms with Crippen LogP contribution in [0.25, 0.3) is 0 Å². The molecule has 0 bridgehead atoms. The zero-order valence-corrected chi connectivity index (χ0v) is 14.6. The van der Waals surface area contributed by atoms with Crippen LogP contribution in [-0.4, -0.2) is 15.5 Å². The first-order valence-electron chi connectivity index (χ1n) is 8.41. The maximum atomic E-state index is 12.8. The van der Waals surface area contributed by atoms with Crippen LogP contribution in [0.3, 0.4) is 0 Å². The molecule has 1 N–H and O–H groups in total. The standard InChI is InChI=1S/C20H19N3OS/c24-20(15-10-11-23-14-21-13-16(23)12-15)22-18-8-4-5-9-19(18)25-17-6-2-1-3-7-17/h1-9,13-15H,10-12H2,(H,22,24). The monoisotopic (exact) mass is 349 g/mol. The third kappa shape index (κ3) is 3.61. The summed E-state index contributed by atoms with van der Waals surface area (Å²) in [6, 6.07) is 18.2. The van der Waals surface area contributed by atoms with E-state index in [2.05, 4.69) is 27.0 Å². The van der Waals surface area contributed by atoms with Gasteiger partial charge in [0.2, 0.25) is 5.91 Å². The molecule has 2 aromatic carbocycles. The van der Waals surface area contributed by atoms with E-state index in [1.165, 1.54) is 0 Å². The number of benzene rings is 2. The number of fused-ring (bicyclic) bond motifs is 1. The molecule has 0 saturated heterocycles. The molecule has 3 aromatic rings. The Bertz CT molecular complexity index is 875. The molecule has 4 rings (SSSR count). The molecule has 0 aliphatic carbocycles. The van der Waals surface area contributed by atoms with E-state index in [9.17, 15) is 4.79 Å². The van der Waals surface area contributed by atoms with Gasteiger partial charge in [0.1, 0.15) is 0 Å². The smallest absolute Gasteiger partial charge is 0.227 e. The maximum Gasteiger partial charge on any atom is 0.227 e. The second kappa shape index (κ2) is 7.15. The van der Waals surface area contributed by atoms with E-state index >= 15 is 0 Å². The average Bonchev–Trinajstić information content (AvgIpc) is 3.12. The zero-order chi connectivity index (χ0) is 17.1. The molecule has 126 valence electrons. The van der Waals surface area contributed by atoms with Gasteiger partial charge in [-0.2, -0.15) is 0 Å². The summed E-state index contributed by atoms with van der Waals surface area (Å²) in [5.74, 6) is 0.0903. The van der Waals surface area contributed by atoms with Crippen molar-refractivity contribution < 1.29 is 4.79 Å². The lowest BCUT2D eigenvalue weighted by Gasteiger charge is -2.23. The third-order valence-corrected chi connectivity index (χ3v) is 5.54. The van der Waals surface area contributed by atoms with Gasteiger partial charge in [0, 0.05) is 40.6 Å². The molecule has 1 aliphatic heterocycles. The molecular weight excluding hydrogens is 330 g/mol. The first-order valence-corrected chi connectivity index (χ1v) is 9.23. The summed E-state index contributed by atoms with van der Waals surface area (Å²) in [6.07, 6.45) is 5.30. The Kier molecular flexibility index (Phi) is 4.57. The zero-order valence-electron chi connectivity index (χ0n) is 13.8. The molecule has 0 spiro atoms. The molecule has 1 atom stereocenters. The topological polar surface area (TPSA) is 46.9 Å². The minimum Gasteiger partial charge on any atom is -0.335 e. The Balaban J connectivity index is 1.48. The van der Waals surface area contributed by atoms with Gasteiger partial charge in [-0.15, -0.1) is 0 Å². The van der Waals surface area contributed by atoms with Crippen molar-refractivity contribution in [3.63, 3.8) is 0 Å². The molecule has 1 aliphatic rings. The summed E-state index contributed by atoms with van der Waals surface area (Å²) < 4.78 is 2.13. The predicted molar refractivity (Wildman–Crippen MR) is 99.7 cm³/mol. The van der Waals surface area contributed by atoms with E-state index in [1.54, 1.807) is 11.8 Å². The minimum atomic E-state index is -0.000943. The quantitative estimate of drug-likeness (QED) is 0.766. The van der Waals surface area contributed by atoms with Crippen LogP contribution >= 0.6 is 11.8 Å². The highest BCUT2D eigenvalue weighted by Crippen LogP contribution is 2.33. The SMILES string of the molecule is O=C(Nc1ccccc1Sc1ccccc1)C1CCn2cncc2C1. The molecule has 2 heterocycles. The summed E-state index contributed by atoms with van der Waals surface area (Å²) >= 11 is 1.66. The second-order valence-electron chi connectivity index (χ2n) is 6.17. The lowest BCUT2D eigenvalue weighted by molar-refractivity contribution is -0.120. The number of anilines is 1. The van der Waals surface area contributed by atoms with E-state index in [1.807, 2.05) is 55.0 Å². The number of amides is 1. The van der Waals surface area contributed by atoms with Crippen molar-refractivity contribution in [3.05, 3.63) is 72.8 Å². The number of carbonyl (C=O) groups is 1. The van der Waals surface area contributed by atoms with Gasteiger partial charge in [0.05, 0.1) is 12.0 Å². The highest BCUT2D eigenvalue weighted by atomic mass is 32.2. The predicted octanol–water partition coefficient (Wildman–Crippen LogP) is 4.24. The average molecular weight is 349 g/mol. The molecule has 1 aromatic heterocycles. The number of nitrogens with one attached hydrogen (secondary N) is 1. The van der Waals surface area contributed by atoms with Crippen molar-refractivity contribution in [2.45, 2.75) is 29.2 Å². The molecule has 5 heteroatoms. The summed E-state index contributed by atoms with van der Waals surface area (Å²) in [5.41, 5.74) is 2.01. The summed E-state index contributed by atoms with van der Waals surface area (Å²) in [5, 5.41) is 3.13. The van der Waals surface area contributed by atoms with Gasteiger partial charge < -0.3 is 9.88 Å². The van der Waals surface area contributed by atoms with Gasteiger partial charge in [-0.05, 0) is 30.7 Å². The van der Waals surface area contributed by atoms with Crippen LogP contribution in [0, 0.1) is 5.92 Å². The van der Waals surface area contributed by atoms with Crippen molar-refractivity contribution >= 4 is 23.4 Å². The van der Waals surface area contributed by atoms with Gasteiger partial charge in [0.25, 0.3) is 0 Å². The summed E-state index contributed by atoms with van der Waals surface area (Å²) in [4.78, 5) is 19.1. The van der Waals surface area contributed by atoms with Crippen LogP contribution in [0.4, 0.5) is 5.69 Å².